The van der Waals surface area contributed by atoms with Crippen LogP contribution >= 0.6 is 11.3 Å². The molecule has 2 amide bonds. The molecule has 0 aliphatic carbocycles. The summed E-state index contributed by atoms with van der Waals surface area (Å²) in [6, 6.07) is 0.332. The quantitative estimate of drug-likeness (QED) is 0.873. The third kappa shape index (κ3) is 4.50. The molecule has 0 saturated carbocycles. The van der Waals surface area contributed by atoms with E-state index in [9.17, 15) is 9.59 Å². The van der Waals surface area contributed by atoms with E-state index in [1.165, 1.54) is 11.3 Å². The zero-order valence-corrected chi connectivity index (χ0v) is 13.5. The van der Waals surface area contributed by atoms with Crippen LogP contribution < -0.4 is 10.6 Å². The molecule has 0 bridgehead atoms. The molecule has 0 radical (unpaired) electrons. The first-order valence-corrected chi connectivity index (χ1v) is 8.10. The summed E-state index contributed by atoms with van der Waals surface area (Å²) >= 11 is 1.36. The van der Waals surface area contributed by atoms with Crippen LogP contribution in [-0.2, 0) is 16.0 Å². The molecule has 1 saturated heterocycles. The maximum Gasteiger partial charge on any atom is 0.228 e. The highest BCUT2D eigenvalue weighted by Gasteiger charge is 2.21. The van der Waals surface area contributed by atoms with Gasteiger partial charge in [0.05, 0.1) is 12.1 Å². The van der Waals surface area contributed by atoms with Gasteiger partial charge in [-0.3, -0.25) is 9.59 Å². The molecule has 1 fully saturated rings. The summed E-state index contributed by atoms with van der Waals surface area (Å²) in [5.41, 5.74) is 0.718. The van der Waals surface area contributed by atoms with Crippen LogP contribution in [-0.4, -0.2) is 47.4 Å². The van der Waals surface area contributed by atoms with Crippen molar-refractivity contribution in [2.45, 2.75) is 33.2 Å². The molecular weight excluding hydrogens is 288 g/mol. The van der Waals surface area contributed by atoms with E-state index in [2.05, 4.69) is 22.5 Å². The molecule has 2 heterocycles. The number of amides is 2. The molecular formula is C14H22N4O2S. The molecule has 0 aromatic carbocycles. The SMILES string of the molecule is CC1CN(C(=O)Cc2csc(NC(=O)C(C)C)n2)CCN1. The van der Waals surface area contributed by atoms with Crippen LogP contribution in [0, 0.1) is 5.92 Å². The van der Waals surface area contributed by atoms with Crippen LogP contribution in [0.1, 0.15) is 26.5 Å². The van der Waals surface area contributed by atoms with E-state index >= 15 is 0 Å². The lowest BCUT2D eigenvalue weighted by atomic mass is 10.2. The summed E-state index contributed by atoms with van der Waals surface area (Å²) in [5, 5.41) is 8.46. The number of piperazine rings is 1. The monoisotopic (exact) mass is 310 g/mol. The molecule has 1 unspecified atom stereocenters. The van der Waals surface area contributed by atoms with Crippen molar-refractivity contribution in [2.75, 3.05) is 25.0 Å². The minimum atomic E-state index is -0.0821. The molecule has 1 aromatic heterocycles. The molecule has 0 spiro atoms. The first-order chi connectivity index (χ1) is 9.95. The van der Waals surface area contributed by atoms with E-state index < -0.39 is 0 Å². The van der Waals surface area contributed by atoms with Crippen molar-refractivity contribution in [3.05, 3.63) is 11.1 Å². The first kappa shape index (κ1) is 15.9. The Kier molecular flexibility index (Phi) is 5.30. The van der Waals surface area contributed by atoms with Gasteiger partial charge in [0.15, 0.2) is 5.13 Å². The number of rotatable bonds is 4. The highest BCUT2D eigenvalue weighted by molar-refractivity contribution is 7.13. The number of hydrogen-bond acceptors (Lipinski definition) is 5. The topological polar surface area (TPSA) is 74.3 Å². The Balaban J connectivity index is 1.90. The van der Waals surface area contributed by atoms with Crippen molar-refractivity contribution in [1.29, 1.82) is 0 Å². The van der Waals surface area contributed by atoms with Crippen LogP contribution in [0.4, 0.5) is 5.13 Å². The maximum absolute atomic E-state index is 12.2. The molecule has 1 aromatic rings. The van der Waals surface area contributed by atoms with Gasteiger partial charge >= 0.3 is 0 Å². The summed E-state index contributed by atoms with van der Waals surface area (Å²) in [6.07, 6.45) is 0.292. The molecule has 1 aliphatic rings. The number of nitrogens with one attached hydrogen (secondary N) is 2. The average Bonchev–Trinajstić information content (AvgIpc) is 2.85. The van der Waals surface area contributed by atoms with Gasteiger partial charge < -0.3 is 15.5 Å². The van der Waals surface area contributed by atoms with Gasteiger partial charge in [-0.25, -0.2) is 4.98 Å². The van der Waals surface area contributed by atoms with Gasteiger partial charge in [0.2, 0.25) is 11.8 Å². The molecule has 1 atom stereocenters. The lowest BCUT2D eigenvalue weighted by molar-refractivity contribution is -0.131. The van der Waals surface area contributed by atoms with E-state index in [1.807, 2.05) is 24.1 Å². The second-order valence-electron chi connectivity index (χ2n) is 5.66. The van der Waals surface area contributed by atoms with Gasteiger partial charge in [-0.2, -0.15) is 0 Å². The van der Waals surface area contributed by atoms with Gasteiger partial charge in [0.1, 0.15) is 0 Å². The number of nitrogens with zero attached hydrogens (tertiary/aromatic N) is 2. The fourth-order valence-electron chi connectivity index (χ4n) is 2.12. The lowest BCUT2D eigenvalue weighted by Gasteiger charge is -2.31. The number of aromatic nitrogens is 1. The maximum atomic E-state index is 12.2. The predicted molar refractivity (Wildman–Crippen MR) is 83.3 cm³/mol. The summed E-state index contributed by atoms with van der Waals surface area (Å²) in [5.74, 6) is -0.0464. The Hall–Kier alpha value is -1.47. The van der Waals surface area contributed by atoms with Crippen LogP contribution in [0.25, 0.3) is 0 Å². The van der Waals surface area contributed by atoms with E-state index in [1.54, 1.807) is 0 Å². The minimum Gasteiger partial charge on any atom is -0.340 e. The number of hydrogen-bond donors (Lipinski definition) is 2. The first-order valence-electron chi connectivity index (χ1n) is 7.22. The second kappa shape index (κ2) is 7.00. The van der Waals surface area contributed by atoms with Crippen LogP contribution in [0.15, 0.2) is 5.38 Å². The predicted octanol–water partition coefficient (Wildman–Crippen LogP) is 1.10. The lowest BCUT2D eigenvalue weighted by Crippen LogP contribution is -2.51. The van der Waals surface area contributed by atoms with Crippen LogP contribution in [0.3, 0.4) is 0 Å². The summed E-state index contributed by atoms with van der Waals surface area (Å²) in [7, 11) is 0. The van der Waals surface area contributed by atoms with E-state index in [0.717, 1.165) is 25.3 Å². The summed E-state index contributed by atoms with van der Waals surface area (Å²) in [6.45, 7) is 8.05. The summed E-state index contributed by atoms with van der Waals surface area (Å²) < 4.78 is 0. The molecule has 7 heteroatoms. The third-order valence-electron chi connectivity index (χ3n) is 3.36. The van der Waals surface area contributed by atoms with Crippen molar-refractivity contribution in [3.63, 3.8) is 0 Å². The number of anilines is 1. The molecule has 2 N–H and O–H groups in total. The van der Waals surface area contributed by atoms with Crippen molar-refractivity contribution in [1.82, 2.24) is 15.2 Å². The Labute approximate surface area is 128 Å². The number of thiazole rings is 1. The molecule has 116 valence electrons. The summed E-state index contributed by atoms with van der Waals surface area (Å²) in [4.78, 5) is 30.0. The van der Waals surface area contributed by atoms with Gasteiger partial charge in [-0.1, -0.05) is 13.8 Å². The van der Waals surface area contributed by atoms with E-state index in [4.69, 9.17) is 0 Å². The number of carbonyl (C=O) groups is 2. The Morgan fingerprint density at radius 2 is 2.33 bits per heavy atom. The fourth-order valence-corrected chi connectivity index (χ4v) is 2.83. The zero-order valence-electron chi connectivity index (χ0n) is 12.7. The van der Waals surface area contributed by atoms with Crippen molar-refractivity contribution in [2.24, 2.45) is 5.92 Å². The Morgan fingerprint density at radius 3 is 3.00 bits per heavy atom. The van der Waals surface area contributed by atoms with Crippen molar-refractivity contribution >= 4 is 28.3 Å². The van der Waals surface area contributed by atoms with Crippen molar-refractivity contribution < 1.29 is 9.59 Å². The number of carbonyl (C=O) groups excluding carboxylic acids is 2. The average molecular weight is 310 g/mol. The van der Waals surface area contributed by atoms with Gasteiger partial charge in [0, 0.05) is 37.0 Å². The van der Waals surface area contributed by atoms with Crippen molar-refractivity contribution in [3.8, 4) is 0 Å². The Bertz CT molecular complexity index is 515. The van der Waals surface area contributed by atoms with Crippen LogP contribution in [0.5, 0.6) is 0 Å². The highest BCUT2D eigenvalue weighted by atomic mass is 32.1. The standard InChI is InChI=1S/C14H22N4O2S/c1-9(2)13(20)17-14-16-11(8-21-14)6-12(19)18-5-4-15-10(3)7-18/h8-10,15H,4-7H2,1-3H3,(H,16,17,20). The third-order valence-corrected chi connectivity index (χ3v) is 4.17. The molecule has 21 heavy (non-hydrogen) atoms. The fraction of sp³-hybridized carbons (Fsp3) is 0.643. The second-order valence-corrected chi connectivity index (χ2v) is 6.52. The molecule has 1 aliphatic heterocycles. The molecule has 6 nitrogen and oxygen atoms in total. The Morgan fingerprint density at radius 1 is 1.57 bits per heavy atom. The van der Waals surface area contributed by atoms with Gasteiger partial charge in [0.25, 0.3) is 0 Å². The largest absolute Gasteiger partial charge is 0.340 e. The normalized spacial score (nSPS) is 18.9. The van der Waals surface area contributed by atoms with Gasteiger partial charge in [-0.15, -0.1) is 11.3 Å². The molecule has 2 rings (SSSR count). The van der Waals surface area contributed by atoms with E-state index in [-0.39, 0.29) is 17.7 Å². The van der Waals surface area contributed by atoms with Gasteiger partial charge in [-0.05, 0) is 6.92 Å². The smallest absolute Gasteiger partial charge is 0.228 e. The zero-order chi connectivity index (χ0) is 15.4. The van der Waals surface area contributed by atoms with E-state index in [0.29, 0.717) is 17.6 Å². The highest BCUT2D eigenvalue weighted by Crippen LogP contribution is 2.17. The van der Waals surface area contributed by atoms with Crippen LogP contribution in [0.2, 0.25) is 0 Å². The minimum absolute atomic E-state index is 0.0573.